The van der Waals surface area contributed by atoms with Crippen molar-refractivity contribution in [2.24, 2.45) is 0 Å². The minimum Gasteiger partial charge on any atom is -0.377 e. The predicted molar refractivity (Wildman–Crippen MR) is 135 cm³/mol. The first-order valence-corrected chi connectivity index (χ1v) is 11.7. The summed E-state index contributed by atoms with van der Waals surface area (Å²) in [7, 11) is 0. The highest BCUT2D eigenvalue weighted by Gasteiger charge is 2.29. The predicted octanol–water partition coefficient (Wildman–Crippen LogP) is 4.53. The Balaban J connectivity index is 0.00000304. The van der Waals surface area contributed by atoms with Crippen molar-refractivity contribution in [2.75, 3.05) is 54.1 Å². The van der Waals surface area contributed by atoms with E-state index < -0.39 is 11.6 Å². The van der Waals surface area contributed by atoms with E-state index in [2.05, 4.69) is 14.8 Å². The Labute approximate surface area is 209 Å². The molecule has 0 amide bonds. The lowest BCUT2D eigenvalue weighted by molar-refractivity contribution is 0.0981. The number of pyridine rings is 1. The lowest BCUT2D eigenvalue weighted by Crippen LogP contribution is -2.53. The molecule has 2 atom stereocenters. The van der Waals surface area contributed by atoms with Crippen LogP contribution in [0.25, 0.3) is 11.3 Å². The number of benzene rings is 1. The Bertz CT molecular complexity index is 1210. The third kappa shape index (κ3) is 5.09. The minimum atomic E-state index is -0.927. The van der Waals surface area contributed by atoms with Gasteiger partial charge in [0, 0.05) is 50.0 Å². The molecular weight excluding hydrogens is 469 g/mol. The van der Waals surface area contributed by atoms with Gasteiger partial charge < -0.3 is 19.4 Å². The van der Waals surface area contributed by atoms with E-state index >= 15 is 0 Å². The molecule has 2 aromatic heterocycles. The second-order valence-electron chi connectivity index (χ2n) is 8.95. The van der Waals surface area contributed by atoms with Crippen molar-refractivity contribution < 1.29 is 17.9 Å². The number of anilines is 3. The quantitative estimate of drug-likeness (QED) is 0.522. The fraction of sp³-hybridized carbons (Fsp3) is 0.423. The summed E-state index contributed by atoms with van der Waals surface area (Å²) in [4.78, 5) is 19.9. The molecule has 4 heterocycles. The number of ether oxygens (including phenoxy) is 1. The molecule has 0 radical (unpaired) electrons. The van der Waals surface area contributed by atoms with Crippen LogP contribution in [0.1, 0.15) is 21.3 Å². The van der Waals surface area contributed by atoms with Crippen LogP contribution in [0.5, 0.6) is 0 Å². The van der Waals surface area contributed by atoms with Crippen LogP contribution in [-0.2, 0) is 4.74 Å². The van der Waals surface area contributed by atoms with Gasteiger partial charge in [0.05, 0.1) is 24.9 Å². The van der Waals surface area contributed by atoms with Crippen LogP contribution in [0.15, 0.2) is 42.6 Å². The van der Waals surface area contributed by atoms with Gasteiger partial charge in [-0.1, -0.05) is 7.43 Å². The maximum atomic E-state index is 14.3. The van der Waals surface area contributed by atoms with Crippen LogP contribution in [0.2, 0.25) is 0 Å². The number of rotatable bonds is 4. The van der Waals surface area contributed by atoms with Gasteiger partial charge in [-0.05, 0) is 44.2 Å². The summed E-state index contributed by atoms with van der Waals surface area (Å²) in [5.41, 5.74) is 0.976. The first kappa shape index (κ1) is 25.7. The van der Waals surface area contributed by atoms with E-state index in [0.29, 0.717) is 68.2 Å². The molecule has 0 N–H and O–H groups in total. The summed E-state index contributed by atoms with van der Waals surface area (Å²) in [5.74, 6) is -0.642. The van der Waals surface area contributed by atoms with Crippen molar-refractivity contribution in [1.29, 1.82) is 0 Å². The maximum absolute atomic E-state index is 14.3. The van der Waals surface area contributed by atoms with Crippen LogP contribution < -0.4 is 14.7 Å². The number of hydrogen-bond acceptors (Lipinski definition) is 7. The number of hydrogen-bond donors (Lipinski definition) is 0. The van der Waals surface area contributed by atoms with Gasteiger partial charge in [0.15, 0.2) is 23.3 Å². The topological polar surface area (TPSA) is 57.6 Å². The maximum Gasteiger partial charge on any atom is 0.228 e. The third-order valence-electron chi connectivity index (χ3n) is 6.50. The smallest absolute Gasteiger partial charge is 0.228 e. The first-order chi connectivity index (χ1) is 16.9. The highest BCUT2D eigenvalue weighted by molar-refractivity contribution is 5.66. The largest absolute Gasteiger partial charge is 0.377 e. The van der Waals surface area contributed by atoms with Crippen molar-refractivity contribution >= 4 is 17.6 Å². The van der Waals surface area contributed by atoms with Crippen molar-refractivity contribution in [3.05, 3.63) is 60.0 Å². The fourth-order valence-electron chi connectivity index (χ4n) is 4.63. The SMILES string of the molecule is C.C[C@@H]1CN(c2ncccc2F)CCN1c1cc(-c2ccc(F)c(F)c2)nc(N2CCOC[C@@H]2C)n1. The molecule has 5 rings (SSSR count). The molecule has 0 unspecified atom stereocenters. The molecule has 0 aliphatic carbocycles. The second kappa shape index (κ2) is 10.7. The van der Waals surface area contributed by atoms with E-state index in [1.807, 2.05) is 18.7 Å². The molecule has 2 aliphatic heterocycles. The highest BCUT2D eigenvalue weighted by atomic mass is 19.2. The van der Waals surface area contributed by atoms with Crippen molar-refractivity contribution in [3.63, 3.8) is 0 Å². The molecule has 0 saturated carbocycles. The van der Waals surface area contributed by atoms with Crippen LogP contribution in [0.4, 0.5) is 30.8 Å². The normalized spacial score (nSPS) is 20.3. The van der Waals surface area contributed by atoms with Crippen molar-refractivity contribution in [3.8, 4) is 11.3 Å². The summed E-state index contributed by atoms with van der Waals surface area (Å²) >= 11 is 0. The van der Waals surface area contributed by atoms with E-state index in [9.17, 15) is 13.2 Å². The number of piperazine rings is 1. The van der Waals surface area contributed by atoms with Crippen molar-refractivity contribution in [2.45, 2.75) is 33.4 Å². The number of halogens is 3. The lowest BCUT2D eigenvalue weighted by Gasteiger charge is -2.41. The summed E-state index contributed by atoms with van der Waals surface area (Å²) in [6.07, 6.45) is 1.59. The van der Waals surface area contributed by atoms with E-state index in [0.717, 1.165) is 12.1 Å². The fourth-order valence-corrected chi connectivity index (χ4v) is 4.63. The van der Waals surface area contributed by atoms with Gasteiger partial charge in [-0.2, -0.15) is 4.98 Å². The molecule has 2 aliphatic rings. The van der Waals surface area contributed by atoms with Gasteiger partial charge in [-0.3, -0.25) is 0 Å². The summed E-state index contributed by atoms with van der Waals surface area (Å²) in [5, 5.41) is 0. The van der Waals surface area contributed by atoms with Gasteiger partial charge in [-0.25, -0.2) is 23.1 Å². The molecule has 7 nitrogen and oxygen atoms in total. The molecule has 36 heavy (non-hydrogen) atoms. The number of morpholine rings is 1. The average molecular weight is 501 g/mol. The zero-order valence-corrected chi connectivity index (χ0v) is 19.7. The average Bonchev–Trinajstić information content (AvgIpc) is 2.86. The van der Waals surface area contributed by atoms with Crippen LogP contribution in [-0.4, -0.2) is 66.4 Å². The van der Waals surface area contributed by atoms with E-state index in [1.54, 1.807) is 18.3 Å². The van der Waals surface area contributed by atoms with Gasteiger partial charge in [0.2, 0.25) is 5.95 Å². The molecule has 10 heteroatoms. The van der Waals surface area contributed by atoms with E-state index in [1.165, 1.54) is 12.1 Å². The Morgan fingerprint density at radius 1 is 0.889 bits per heavy atom. The standard InChI is InChI=1S/C25H27F3N6O.CH4/c1-16-14-32(24-20(27)4-3-7-29-24)8-9-33(16)23-13-22(18-5-6-19(26)21(28)12-18)30-25(31-23)34-10-11-35-15-17(34)2;/h3-7,12-13,16-17H,8-11,14-15H2,1-2H3;1H4/t16-,17+;/m1./s1. The second-order valence-corrected chi connectivity index (χ2v) is 8.95. The van der Waals surface area contributed by atoms with Crippen LogP contribution in [0.3, 0.4) is 0 Å². The Morgan fingerprint density at radius 2 is 1.72 bits per heavy atom. The Morgan fingerprint density at radius 3 is 2.44 bits per heavy atom. The zero-order chi connectivity index (χ0) is 24.5. The molecule has 3 aromatic rings. The van der Waals surface area contributed by atoms with Crippen molar-refractivity contribution in [1.82, 2.24) is 15.0 Å². The third-order valence-corrected chi connectivity index (χ3v) is 6.50. The van der Waals surface area contributed by atoms with E-state index in [-0.39, 0.29) is 25.3 Å². The Kier molecular flexibility index (Phi) is 7.63. The molecule has 0 bridgehead atoms. The van der Waals surface area contributed by atoms with Crippen LogP contribution >= 0.6 is 0 Å². The zero-order valence-electron chi connectivity index (χ0n) is 19.7. The minimum absolute atomic E-state index is 0. The van der Waals surface area contributed by atoms with Gasteiger partial charge >= 0.3 is 0 Å². The Hall–Kier alpha value is -3.40. The molecule has 1 aromatic carbocycles. The van der Waals surface area contributed by atoms with Gasteiger partial charge in [-0.15, -0.1) is 0 Å². The molecule has 2 saturated heterocycles. The monoisotopic (exact) mass is 500 g/mol. The summed E-state index contributed by atoms with van der Waals surface area (Å²) < 4.78 is 47.5. The summed E-state index contributed by atoms with van der Waals surface area (Å²) in [6.45, 7) is 7.53. The lowest BCUT2D eigenvalue weighted by atomic mass is 10.1. The van der Waals surface area contributed by atoms with E-state index in [4.69, 9.17) is 14.7 Å². The van der Waals surface area contributed by atoms with Gasteiger partial charge in [0.1, 0.15) is 5.82 Å². The number of nitrogens with zero attached hydrogens (tertiary/aromatic N) is 6. The molecule has 2 fully saturated rings. The van der Waals surface area contributed by atoms with Gasteiger partial charge in [0.25, 0.3) is 0 Å². The number of aromatic nitrogens is 3. The summed E-state index contributed by atoms with van der Waals surface area (Å²) in [6, 6.07) is 8.62. The van der Waals surface area contributed by atoms with Crippen LogP contribution in [0, 0.1) is 17.5 Å². The molecule has 192 valence electrons. The highest BCUT2D eigenvalue weighted by Crippen LogP contribution is 2.30. The molecular formula is C26H31F3N6O. The first-order valence-electron chi connectivity index (χ1n) is 11.7. The molecule has 0 spiro atoms.